The molecule has 5 heteroatoms. The van der Waals surface area contributed by atoms with Crippen LogP contribution in [0.2, 0.25) is 0 Å². The summed E-state index contributed by atoms with van der Waals surface area (Å²) >= 11 is 1.76. The predicted molar refractivity (Wildman–Crippen MR) is 102 cm³/mol. The molecule has 0 N–H and O–H groups in total. The summed E-state index contributed by atoms with van der Waals surface area (Å²) in [6.45, 7) is 1.24. The van der Waals surface area contributed by atoms with Crippen LogP contribution in [-0.2, 0) is 6.61 Å². The first-order valence-electron chi connectivity index (χ1n) is 8.54. The molecule has 2 aromatic carbocycles. The fourth-order valence-electron chi connectivity index (χ4n) is 2.99. The van der Waals surface area contributed by atoms with Crippen molar-refractivity contribution < 1.29 is 13.9 Å². The Morgan fingerprint density at radius 2 is 2.00 bits per heavy atom. The number of furan rings is 1. The van der Waals surface area contributed by atoms with E-state index in [-0.39, 0.29) is 11.3 Å². The van der Waals surface area contributed by atoms with Gasteiger partial charge in [0.25, 0.3) is 5.91 Å². The minimum atomic E-state index is -0.0689. The van der Waals surface area contributed by atoms with Gasteiger partial charge in [-0.2, -0.15) is 0 Å². The van der Waals surface area contributed by atoms with Crippen molar-refractivity contribution in [1.82, 2.24) is 4.90 Å². The average molecular weight is 365 g/mol. The number of carbonyl (C=O) groups is 1. The summed E-state index contributed by atoms with van der Waals surface area (Å²) in [5.41, 5.74) is 2.20. The number of amides is 1. The highest BCUT2D eigenvalue weighted by molar-refractivity contribution is 7.99. The van der Waals surface area contributed by atoms with Gasteiger partial charge in [-0.25, -0.2) is 0 Å². The van der Waals surface area contributed by atoms with Gasteiger partial charge in [0, 0.05) is 12.3 Å². The Morgan fingerprint density at radius 1 is 1.12 bits per heavy atom. The first-order valence-corrected chi connectivity index (χ1v) is 9.59. The molecule has 4 rings (SSSR count). The van der Waals surface area contributed by atoms with Crippen molar-refractivity contribution in [2.24, 2.45) is 0 Å². The van der Waals surface area contributed by atoms with Gasteiger partial charge < -0.3 is 14.1 Å². The number of nitrogens with zero attached hydrogens (tertiary/aromatic N) is 1. The van der Waals surface area contributed by atoms with Crippen LogP contribution >= 0.6 is 11.8 Å². The molecule has 26 heavy (non-hydrogen) atoms. The first kappa shape index (κ1) is 16.8. The highest BCUT2D eigenvalue weighted by atomic mass is 32.2. The molecule has 0 bridgehead atoms. The summed E-state index contributed by atoms with van der Waals surface area (Å²) in [7, 11) is 0. The summed E-state index contributed by atoms with van der Waals surface area (Å²) in [5.74, 6) is 2.03. The Bertz CT molecular complexity index is 864. The van der Waals surface area contributed by atoms with Crippen molar-refractivity contribution in [1.29, 1.82) is 0 Å². The number of thioether (sulfide) groups is 1. The maximum absolute atomic E-state index is 12.7. The van der Waals surface area contributed by atoms with Gasteiger partial charge in [-0.15, -0.1) is 11.8 Å². The highest BCUT2D eigenvalue weighted by Crippen LogP contribution is 2.39. The molecule has 1 aliphatic heterocycles. The molecular formula is C21H19NO3S. The Labute approximate surface area is 156 Å². The van der Waals surface area contributed by atoms with Crippen LogP contribution in [0, 0.1) is 0 Å². The Kier molecular flexibility index (Phi) is 4.97. The van der Waals surface area contributed by atoms with Crippen LogP contribution in [0.4, 0.5) is 0 Å². The molecule has 1 saturated heterocycles. The zero-order valence-electron chi connectivity index (χ0n) is 14.2. The van der Waals surface area contributed by atoms with Gasteiger partial charge in [-0.1, -0.05) is 42.5 Å². The molecule has 1 aliphatic rings. The number of hydrogen-bond donors (Lipinski definition) is 0. The molecule has 132 valence electrons. The molecule has 2 heterocycles. The third-order valence-electron chi connectivity index (χ3n) is 4.28. The number of rotatable bonds is 5. The molecule has 3 aromatic rings. The van der Waals surface area contributed by atoms with Gasteiger partial charge in [0.1, 0.15) is 17.7 Å². The van der Waals surface area contributed by atoms with E-state index in [9.17, 15) is 4.79 Å². The van der Waals surface area contributed by atoms with Crippen LogP contribution in [0.3, 0.4) is 0 Å². The van der Waals surface area contributed by atoms with E-state index in [0.29, 0.717) is 18.9 Å². The molecular weight excluding hydrogens is 346 g/mol. The van der Waals surface area contributed by atoms with Crippen molar-refractivity contribution >= 4 is 17.7 Å². The van der Waals surface area contributed by atoms with Crippen molar-refractivity contribution in [3.05, 3.63) is 89.9 Å². The normalized spacial score (nSPS) is 16.6. The lowest BCUT2D eigenvalue weighted by molar-refractivity contribution is 0.0728. The lowest BCUT2D eigenvalue weighted by Gasteiger charge is -2.23. The quantitative estimate of drug-likeness (QED) is 0.655. The largest absolute Gasteiger partial charge is 0.489 e. The molecule has 1 aromatic heterocycles. The summed E-state index contributed by atoms with van der Waals surface area (Å²) in [6, 6.07) is 21.5. The highest BCUT2D eigenvalue weighted by Gasteiger charge is 2.32. The van der Waals surface area contributed by atoms with E-state index in [4.69, 9.17) is 9.15 Å². The standard InChI is InChI=1S/C21H19NO3S/c23-20(19-10-5-12-24-19)22-11-13-26-21(22)17-8-4-9-18(14-17)25-15-16-6-2-1-3-7-16/h1-10,12,14,21H,11,13,15H2/t21-/m0/s1. The van der Waals surface area contributed by atoms with Crippen LogP contribution < -0.4 is 4.74 Å². The minimum Gasteiger partial charge on any atom is -0.489 e. The van der Waals surface area contributed by atoms with E-state index in [1.807, 2.05) is 59.5 Å². The lowest BCUT2D eigenvalue weighted by Crippen LogP contribution is -2.30. The molecule has 0 saturated carbocycles. The lowest BCUT2D eigenvalue weighted by atomic mass is 10.2. The van der Waals surface area contributed by atoms with Gasteiger partial charge >= 0.3 is 0 Å². The smallest absolute Gasteiger partial charge is 0.290 e. The van der Waals surface area contributed by atoms with E-state index in [0.717, 1.165) is 22.6 Å². The Morgan fingerprint density at radius 3 is 2.81 bits per heavy atom. The van der Waals surface area contributed by atoms with Crippen LogP contribution in [0.25, 0.3) is 0 Å². The second-order valence-electron chi connectivity index (χ2n) is 6.05. The maximum atomic E-state index is 12.7. The molecule has 1 fully saturated rings. The maximum Gasteiger partial charge on any atom is 0.290 e. The number of hydrogen-bond acceptors (Lipinski definition) is 4. The molecule has 1 amide bonds. The molecule has 1 atom stereocenters. The number of benzene rings is 2. The van der Waals surface area contributed by atoms with Gasteiger partial charge in [-0.05, 0) is 35.4 Å². The minimum absolute atomic E-state index is 0.0205. The molecule has 0 spiro atoms. The zero-order chi connectivity index (χ0) is 17.8. The third-order valence-corrected chi connectivity index (χ3v) is 5.54. The van der Waals surface area contributed by atoms with E-state index in [1.54, 1.807) is 23.9 Å². The van der Waals surface area contributed by atoms with E-state index >= 15 is 0 Å². The van der Waals surface area contributed by atoms with E-state index in [1.165, 1.54) is 6.26 Å². The van der Waals surface area contributed by atoms with E-state index in [2.05, 4.69) is 0 Å². The molecule has 0 radical (unpaired) electrons. The fourth-order valence-corrected chi connectivity index (χ4v) is 4.24. The molecule has 0 unspecified atom stereocenters. The number of carbonyl (C=O) groups excluding carboxylic acids is 1. The fraction of sp³-hybridized carbons (Fsp3) is 0.190. The molecule has 0 aliphatic carbocycles. The van der Waals surface area contributed by atoms with Crippen molar-refractivity contribution in [3.63, 3.8) is 0 Å². The van der Waals surface area contributed by atoms with Crippen LogP contribution in [0.5, 0.6) is 5.75 Å². The van der Waals surface area contributed by atoms with Crippen LogP contribution in [0.15, 0.2) is 77.4 Å². The second-order valence-corrected chi connectivity index (χ2v) is 7.23. The van der Waals surface area contributed by atoms with Crippen LogP contribution in [-0.4, -0.2) is 23.1 Å². The van der Waals surface area contributed by atoms with Gasteiger partial charge in [0.05, 0.1) is 6.26 Å². The second kappa shape index (κ2) is 7.70. The summed E-state index contributed by atoms with van der Waals surface area (Å²) in [6.07, 6.45) is 1.53. The van der Waals surface area contributed by atoms with Gasteiger partial charge in [0.15, 0.2) is 5.76 Å². The van der Waals surface area contributed by atoms with Crippen molar-refractivity contribution in [2.45, 2.75) is 12.0 Å². The Balaban J connectivity index is 1.49. The van der Waals surface area contributed by atoms with Gasteiger partial charge in [0.2, 0.25) is 0 Å². The first-order chi connectivity index (χ1) is 12.8. The SMILES string of the molecule is O=C(c1ccco1)N1CCS[C@H]1c1cccc(OCc2ccccc2)c1. The summed E-state index contributed by atoms with van der Waals surface area (Å²) in [4.78, 5) is 14.5. The van der Waals surface area contributed by atoms with Crippen LogP contribution in [0.1, 0.15) is 27.1 Å². The van der Waals surface area contributed by atoms with Crippen molar-refractivity contribution in [3.8, 4) is 5.75 Å². The summed E-state index contributed by atoms with van der Waals surface area (Å²) in [5, 5.41) is -0.0205. The summed E-state index contributed by atoms with van der Waals surface area (Å²) < 4.78 is 11.2. The number of ether oxygens (including phenoxy) is 1. The van der Waals surface area contributed by atoms with Crippen molar-refractivity contribution in [2.75, 3.05) is 12.3 Å². The predicted octanol–water partition coefficient (Wildman–Crippen LogP) is 4.75. The van der Waals surface area contributed by atoms with E-state index < -0.39 is 0 Å². The molecule has 4 nitrogen and oxygen atoms in total. The zero-order valence-corrected chi connectivity index (χ0v) is 15.0. The monoisotopic (exact) mass is 365 g/mol. The Hall–Kier alpha value is -2.66. The topological polar surface area (TPSA) is 42.7 Å². The third kappa shape index (κ3) is 3.63. The average Bonchev–Trinajstić information content (AvgIpc) is 3.39. The van der Waals surface area contributed by atoms with Gasteiger partial charge in [-0.3, -0.25) is 4.79 Å².